The number of piperidine rings is 1. The Morgan fingerprint density at radius 3 is 2.04 bits per heavy atom. The molecule has 0 unspecified atom stereocenters. The minimum absolute atomic E-state index is 0.354. The summed E-state index contributed by atoms with van der Waals surface area (Å²) in [4.78, 5) is 0.354. The van der Waals surface area contributed by atoms with Crippen molar-refractivity contribution in [3.63, 3.8) is 0 Å². The zero-order chi connectivity index (χ0) is 19.3. The van der Waals surface area contributed by atoms with Gasteiger partial charge in [0.05, 0.1) is 19.1 Å². The van der Waals surface area contributed by atoms with Gasteiger partial charge in [-0.15, -0.1) is 0 Å². The van der Waals surface area contributed by atoms with Crippen LogP contribution in [0.25, 0.3) is 12.2 Å². The molecule has 0 radical (unpaired) electrons. The molecular formula is C21H25NO4S. The highest BCUT2D eigenvalue weighted by Gasteiger charge is 2.25. The summed E-state index contributed by atoms with van der Waals surface area (Å²) >= 11 is 0. The van der Waals surface area contributed by atoms with Crippen LogP contribution in [0, 0.1) is 0 Å². The van der Waals surface area contributed by atoms with E-state index >= 15 is 0 Å². The van der Waals surface area contributed by atoms with Gasteiger partial charge in [-0.25, -0.2) is 8.42 Å². The fourth-order valence-corrected chi connectivity index (χ4v) is 4.67. The Bertz CT molecular complexity index is 898. The number of rotatable bonds is 6. The molecule has 1 aliphatic heterocycles. The molecule has 1 saturated heterocycles. The second kappa shape index (κ2) is 8.59. The molecule has 0 bridgehead atoms. The predicted octanol–water partition coefficient (Wildman–Crippen LogP) is 4.05. The van der Waals surface area contributed by atoms with Gasteiger partial charge < -0.3 is 9.47 Å². The van der Waals surface area contributed by atoms with Crippen molar-refractivity contribution < 1.29 is 17.9 Å². The van der Waals surface area contributed by atoms with Crippen molar-refractivity contribution in [2.24, 2.45) is 0 Å². The van der Waals surface area contributed by atoms with Crippen LogP contribution in [0.5, 0.6) is 11.5 Å². The summed E-state index contributed by atoms with van der Waals surface area (Å²) in [5.41, 5.74) is 1.90. The monoisotopic (exact) mass is 387 g/mol. The molecule has 0 atom stereocenters. The van der Waals surface area contributed by atoms with Crippen molar-refractivity contribution in [1.29, 1.82) is 0 Å². The molecule has 0 aliphatic carbocycles. The predicted molar refractivity (Wildman–Crippen MR) is 108 cm³/mol. The molecule has 0 amide bonds. The maximum atomic E-state index is 12.7. The fraction of sp³-hybridized carbons (Fsp3) is 0.333. The normalized spacial score (nSPS) is 15.8. The number of sulfonamides is 1. The van der Waals surface area contributed by atoms with Gasteiger partial charge in [0.25, 0.3) is 0 Å². The third kappa shape index (κ3) is 4.51. The summed E-state index contributed by atoms with van der Waals surface area (Å²) in [6, 6.07) is 12.7. The number of methoxy groups -OCH3 is 2. The standard InChI is InChI=1S/C21H25NO4S/c1-25-20-13-10-18(16-21(20)26-2)7-6-17-8-11-19(12-9-17)27(23,24)22-14-4-3-5-15-22/h6-13,16H,3-5,14-15H2,1-2H3/b7-6+. The van der Waals surface area contributed by atoms with E-state index in [0.29, 0.717) is 29.5 Å². The minimum atomic E-state index is -3.38. The number of hydrogen-bond donors (Lipinski definition) is 0. The largest absolute Gasteiger partial charge is 0.493 e. The maximum absolute atomic E-state index is 12.7. The second-order valence-electron chi connectivity index (χ2n) is 6.48. The Hall–Kier alpha value is -2.31. The van der Waals surface area contributed by atoms with Gasteiger partial charge in [-0.2, -0.15) is 4.31 Å². The number of ether oxygens (including phenoxy) is 2. The fourth-order valence-electron chi connectivity index (χ4n) is 3.15. The molecule has 6 heteroatoms. The average molecular weight is 388 g/mol. The van der Waals surface area contributed by atoms with Crippen LogP contribution in [0.3, 0.4) is 0 Å². The van der Waals surface area contributed by atoms with Crippen molar-refractivity contribution in [1.82, 2.24) is 4.31 Å². The molecule has 2 aromatic rings. The molecular weight excluding hydrogens is 362 g/mol. The Morgan fingerprint density at radius 2 is 1.41 bits per heavy atom. The lowest BCUT2D eigenvalue weighted by atomic mass is 10.1. The number of hydrogen-bond acceptors (Lipinski definition) is 4. The van der Waals surface area contributed by atoms with Crippen molar-refractivity contribution >= 4 is 22.2 Å². The van der Waals surface area contributed by atoms with Crippen LogP contribution in [-0.4, -0.2) is 40.0 Å². The first-order valence-electron chi connectivity index (χ1n) is 9.05. The first-order valence-corrected chi connectivity index (χ1v) is 10.5. The molecule has 144 valence electrons. The molecule has 0 N–H and O–H groups in total. The van der Waals surface area contributed by atoms with Crippen LogP contribution in [0.2, 0.25) is 0 Å². The van der Waals surface area contributed by atoms with E-state index in [4.69, 9.17) is 9.47 Å². The van der Waals surface area contributed by atoms with E-state index in [0.717, 1.165) is 30.4 Å². The summed E-state index contributed by atoms with van der Waals surface area (Å²) < 4.78 is 37.5. The number of nitrogens with zero attached hydrogens (tertiary/aromatic N) is 1. The van der Waals surface area contributed by atoms with Crippen LogP contribution >= 0.6 is 0 Å². The summed E-state index contributed by atoms with van der Waals surface area (Å²) in [5, 5.41) is 0. The zero-order valence-corrected chi connectivity index (χ0v) is 16.5. The van der Waals surface area contributed by atoms with E-state index < -0.39 is 10.0 Å². The van der Waals surface area contributed by atoms with Gasteiger partial charge in [-0.05, 0) is 48.2 Å². The summed E-state index contributed by atoms with van der Waals surface area (Å²) in [7, 11) is -0.176. The van der Waals surface area contributed by atoms with Gasteiger partial charge in [-0.3, -0.25) is 0 Å². The molecule has 1 fully saturated rings. The van der Waals surface area contributed by atoms with Crippen molar-refractivity contribution in [2.45, 2.75) is 24.2 Å². The van der Waals surface area contributed by atoms with Crippen molar-refractivity contribution in [3.8, 4) is 11.5 Å². The van der Waals surface area contributed by atoms with E-state index in [2.05, 4.69) is 0 Å². The van der Waals surface area contributed by atoms with E-state index in [1.54, 1.807) is 30.7 Å². The molecule has 3 rings (SSSR count). The summed E-state index contributed by atoms with van der Waals surface area (Å²) in [5.74, 6) is 1.35. The SMILES string of the molecule is COc1ccc(/C=C/c2ccc(S(=O)(=O)N3CCCCC3)cc2)cc1OC. The highest BCUT2D eigenvalue weighted by atomic mass is 32.2. The summed E-state index contributed by atoms with van der Waals surface area (Å²) in [6.45, 7) is 1.23. The summed E-state index contributed by atoms with van der Waals surface area (Å²) in [6.07, 6.45) is 6.87. The Morgan fingerprint density at radius 1 is 0.815 bits per heavy atom. The van der Waals surface area contributed by atoms with Crippen LogP contribution in [0.15, 0.2) is 47.4 Å². The molecule has 0 aromatic heterocycles. The molecule has 0 saturated carbocycles. The van der Waals surface area contributed by atoms with Gasteiger partial charge in [0.1, 0.15) is 0 Å². The second-order valence-corrected chi connectivity index (χ2v) is 8.42. The van der Waals surface area contributed by atoms with E-state index in [9.17, 15) is 8.42 Å². The quantitative estimate of drug-likeness (QED) is 0.702. The Kier molecular flexibility index (Phi) is 6.19. The van der Waals surface area contributed by atoms with E-state index in [1.165, 1.54) is 0 Å². The highest BCUT2D eigenvalue weighted by Crippen LogP contribution is 2.28. The molecule has 1 heterocycles. The smallest absolute Gasteiger partial charge is 0.243 e. The highest BCUT2D eigenvalue weighted by molar-refractivity contribution is 7.89. The lowest BCUT2D eigenvalue weighted by Gasteiger charge is -2.25. The van der Waals surface area contributed by atoms with E-state index in [1.807, 2.05) is 42.5 Å². The minimum Gasteiger partial charge on any atom is -0.493 e. The van der Waals surface area contributed by atoms with Gasteiger partial charge in [0, 0.05) is 13.1 Å². The van der Waals surface area contributed by atoms with Crippen molar-refractivity contribution in [2.75, 3.05) is 27.3 Å². The van der Waals surface area contributed by atoms with Gasteiger partial charge >= 0.3 is 0 Å². The van der Waals surface area contributed by atoms with Gasteiger partial charge in [0.2, 0.25) is 10.0 Å². The van der Waals surface area contributed by atoms with Gasteiger partial charge in [-0.1, -0.05) is 36.8 Å². The van der Waals surface area contributed by atoms with Gasteiger partial charge in [0.15, 0.2) is 11.5 Å². The number of benzene rings is 2. The maximum Gasteiger partial charge on any atom is 0.243 e. The molecule has 1 aliphatic rings. The Balaban J connectivity index is 1.75. The topological polar surface area (TPSA) is 55.8 Å². The molecule has 27 heavy (non-hydrogen) atoms. The zero-order valence-electron chi connectivity index (χ0n) is 15.7. The first kappa shape index (κ1) is 19.5. The first-order chi connectivity index (χ1) is 13.0. The van der Waals surface area contributed by atoms with E-state index in [-0.39, 0.29) is 0 Å². The molecule has 0 spiro atoms. The Labute approximate surface area is 161 Å². The third-order valence-corrected chi connectivity index (χ3v) is 6.62. The lowest BCUT2D eigenvalue weighted by Crippen LogP contribution is -2.35. The lowest BCUT2D eigenvalue weighted by molar-refractivity contribution is 0.346. The van der Waals surface area contributed by atoms with Crippen LogP contribution in [0.4, 0.5) is 0 Å². The van der Waals surface area contributed by atoms with Crippen molar-refractivity contribution in [3.05, 3.63) is 53.6 Å². The van der Waals surface area contributed by atoms with Crippen LogP contribution in [-0.2, 0) is 10.0 Å². The average Bonchev–Trinajstić information content (AvgIpc) is 2.73. The molecule has 2 aromatic carbocycles. The van der Waals surface area contributed by atoms with Crippen LogP contribution < -0.4 is 9.47 Å². The van der Waals surface area contributed by atoms with Crippen LogP contribution in [0.1, 0.15) is 30.4 Å². The third-order valence-electron chi connectivity index (χ3n) is 4.71. The molecule has 5 nitrogen and oxygen atoms in total.